The molecule has 0 radical (unpaired) electrons. The molecule has 1 aliphatic rings. The lowest BCUT2D eigenvalue weighted by atomic mass is 10.0. The van der Waals surface area contributed by atoms with Gasteiger partial charge in [-0.05, 0) is 38.7 Å². The maximum atomic E-state index is 5.16. The standard InChI is InChI=1S/C23H37N7O/c1-18(20-9-6-5-7-10-20)30-14-11-21(12-15-30)26-23(24-13-8-16-31-4)25-17-22-28-27-19(2)29(22)3/h5-7,9-10,18,21H,8,11-17H2,1-4H3,(H2,24,25,26). The topological polar surface area (TPSA) is 79.6 Å². The van der Waals surface area contributed by atoms with Gasteiger partial charge >= 0.3 is 0 Å². The fourth-order valence-corrected chi connectivity index (χ4v) is 3.88. The third-order valence-corrected chi connectivity index (χ3v) is 6.08. The minimum absolute atomic E-state index is 0.411. The van der Waals surface area contributed by atoms with Crippen LogP contribution < -0.4 is 10.6 Å². The number of benzene rings is 1. The van der Waals surface area contributed by atoms with Crippen LogP contribution in [0.3, 0.4) is 0 Å². The van der Waals surface area contributed by atoms with Crippen molar-refractivity contribution >= 4 is 5.96 Å². The summed E-state index contributed by atoms with van der Waals surface area (Å²) in [7, 11) is 3.71. The summed E-state index contributed by atoms with van der Waals surface area (Å²) >= 11 is 0. The van der Waals surface area contributed by atoms with Gasteiger partial charge in [-0.25, -0.2) is 4.99 Å². The van der Waals surface area contributed by atoms with E-state index in [0.29, 0.717) is 18.6 Å². The van der Waals surface area contributed by atoms with Gasteiger partial charge in [-0.1, -0.05) is 30.3 Å². The molecule has 8 heteroatoms. The van der Waals surface area contributed by atoms with Gasteiger partial charge in [0.1, 0.15) is 12.4 Å². The largest absolute Gasteiger partial charge is 0.385 e. The first-order valence-corrected chi connectivity index (χ1v) is 11.3. The van der Waals surface area contributed by atoms with Gasteiger partial charge in [0.05, 0.1) is 0 Å². The maximum absolute atomic E-state index is 5.16. The molecule has 2 heterocycles. The van der Waals surface area contributed by atoms with Crippen LogP contribution in [0.5, 0.6) is 0 Å². The molecule has 2 aromatic rings. The van der Waals surface area contributed by atoms with Gasteiger partial charge in [-0.15, -0.1) is 10.2 Å². The van der Waals surface area contributed by atoms with Crippen LogP contribution in [0, 0.1) is 6.92 Å². The van der Waals surface area contributed by atoms with Crippen LogP contribution in [-0.2, 0) is 18.3 Å². The lowest BCUT2D eigenvalue weighted by molar-refractivity contribution is 0.158. The highest BCUT2D eigenvalue weighted by atomic mass is 16.5. The number of aliphatic imine (C=N–C) groups is 1. The zero-order valence-electron chi connectivity index (χ0n) is 19.3. The molecule has 0 spiro atoms. The number of methoxy groups -OCH3 is 1. The SMILES string of the molecule is COCCCNC(=NCc1nnc(C)n1C)NC1CCN(C(C)c2ccccc2)CC1. The molecule has 1 unspecified atom stereocenters. The molecule has 31 heavy (non-hydrogen) atoms. The molecular formula is C23H37N7O. The van der Waals surface area contributed by atoms with Crippen molar-refractivity contribution in [3.05, 3.63) is 47.5 Å². The summed E-state index contributed by atoms with van der Waals surface area (Å²) in [5.74, 6) is 2.60. The number of hydrogen-bond donors (Lipinski definition) is 2. The van der Waals surface area contributed by atoms with Crippen molar-refractivity contribution < 1.29 is 4.74 Å². The zero-order chi connectivity index (χ0) is 22.1. The van der Waals surface area contributed by atoms with Crippen molar-refractivity contribution in [1.29, 1.82) is 0 Å². The van der Waals surface area contributed by atoms with Crippen LogP contribution in [0.2, 0.25) is 0 Å². The van der Waals surface area contributed by atoms with Crippen LogP contribution in [-0.4, -0.2) is 65.0 Å². The van der Waals surface area contributed by atoms with Gasteiger partial charge < -0.3 is 19.9 Å². The van der Waals surface area contributed by atoms with E-state index in [0.717, 1.165) is 63.1 Å². The van der Waals surface area contributed by atoms with Crippen molar-refractivity contribution in [3.63, 3.8) is 0 Å². The molecule has 3 rings (SSSR count). The fourth-order valence-electron chi connectivity index (χ4n) is 3.88. The monoisotopic (exact) mass is 427 g/mol. The van der Waals surface area contributed by atoms with Crippen LogP contribution >= 0.6 is 0 Å². The maximum Gasteiger partial charge on any atom is 0.191 e. The van der Waals surface area contributed by atoms with Gasteiger partial charge in [-0.3, -0.25) is 4.90 Å². The summed E-state index contributed by atoms with van der Waals surface area (Å²) in [6.45, 7) is 8.46. The Kier molecular flexibility index (Phi) is 8.85. The third kappa shape index (κ3) is 6.77. The Morgan fingerprint density at radius 2 is 1.97 bits per heavy atom. The molecule has 1 aromatic carbocycles. The first kappa shape index (κ1) is 23.2. The number of likely N-dealkylation sites (tertiary alicyclic amines) is 1. The average molecular weight is 428 g/mol. The number of aryl methyl sites for hydroxylation is 1. The van der Waals surface area contributed by atoms with Crippen LogP contribution in [0.1, 0.15) is 49.4 Å². The second-order valence-corrected chi connectivity index (χ2v) is 8.20. The van der Waals surface area contributed by atoms with Gasteiger partial charge in [-0.2, -0.15) is 0 Å². The molecule has 1 atom stereocenters. The minimum atomic E-state index is 0.411. The molecule has 8 nitrogen and oxygen atoms in total. The predicted molar refractivity (Wildman–Crippen MR) is 124 cm³/mol. The van der Waals surface area contributed by atoms with E-state index in [-0.39, 0.29) is 0 Å². The van der Waals surface area contributed by atoms with E-state index in [4.69, 9.17) is 9.73 Å². The second-order valence-electron chi connectivity index (χ2n) is 8.20. The summed E-state index contributed by atoms with van der Waals surface area (Å²) in [6, 6.07) is 11.6. The number of piperidine rings is 1. The molecule has 0 bridgehead atoms. The third-order valence-electron chi connectivity index (χ3n) is 6.08. The van der Waals surface area contributed by atoms with Gasteiger partial charge in [0.25, 0.3) is 0 Å². The van der Waals surface area contributed by atoms with Crippen LogP contribution in [0.25, 0.3) is 0 Å². The molecule has 0 amide bonds. The zero-order valence-corrected chi connectivity index (χ0v) is 19.3. The summed E-state index contributed by atoms with van der Waals surface area (Å²) in [5, 5.41) is 15.4. The van der Waals surface area contributed by atoms with Crippen LogP contribution in [0.4, 0.5) is 0 Å². The Labute approximate surface area is 186 Å². The fraction of sp³-hybridized carbons (Fsp3) is 0.609. The first-order valence-electron chi connectivity index (χ1n) is 11.3. The lowest BCUT2D eigenvalue weighted by Crippen LogP contribution is -2.49. The van der Waals surface area contributed by atoms with E-state index in [1.165, 1.54) is 5.56 Å². The first-order chi connectivity index (χ1) is 15.1. The van der Waals surface area contributed by atoms with Gasteiger partial charge in [0.2, 0.25) is 0 Å². The summed E-state index contributed by atoms with van der Waals surface area (Å²) < 4.78 is 7.15. The average Bonchev–Trinajstić information content (AvgIpc) is 3.13. The molecular weight excluding hydrogens is 390 g/mol. The Bertz CT molecular complexity index is 813. The Morgan fingerprint density at radius 3 is 2.61 bits per heavy atom. The number of nitrogens with zero attached hydrogens (tertiary/aromatic N) is 5. The summed E-state index contributed by atoms with van der Waals surface area (Å²) in [5.41, 5.74) is 1.38. The molecule has 1 aromatic heterocycles. The Hall–Kier alpha value is -2.45. The van der Waals surface area contributed by atoms with Crippen molar-refractivity contribution in [2.45, 2.75) is 51.7 Å². The van der Waals surface area contributed by atoms with E-state index in [9.17, 15) is 0 Å². The second kappa shape index (κ2) is 11.8. The Morgan fingerprint density at radius 1 is 1.23 bits per heavy atom. The van der Waals surface area contributed by atoms with Crippen molar-refractivity contribution in [2.24, 2.45) is 12.0 Å². The van der Waals surface area contributed by atoms with Crippen molar-refractivity contribution in [1.82, 2.24) is 30.3 Å². The van der Waals surface area contributed by atoms with Crippen molar-refractivity contribution in [3.8, 4) is 0 Å². The predicted octanol–water partition coefficient (Wildman–Crippen LogP) is 2.42. The van der Waals surface area contributed by atoms with E-state index in [1.54, 1.807) is 7.11 Å². The van der Waals surface area contributed by atoms with E-state index in [1.807, 2.05) is 18.5 Å². The lowest BCUT2D eigenvalue weighted by Gasteiger charge is -2.37. The molecule has 170 valence electrons. The summed E-state index contributed by atoms with van der Waals surface area (Å²) in [4.78, 5) is 7.35. The normalized spacial score (nSPS) is 17.0. The quantitative estimate of drug-likeness (QED) is 0.364. The van der Waals surface area contributed by atoms with E-state index < -0.39 is 0 Å². The minimum Gasteiger partial charge on any atom is -0.385 e. The van der Waals surface area contributed by atoms with E-state index >= 15 is 0 Å². The number of aromatic nitrogens is 3. The highest BCUT2D eigenvalue weighted by Crippen LogP contribution is 2.24. The molecule has 0 aliphatic carbocycles. The van der Waals surface area contributed by atoms with Gasteiger partial charge in [0, 0.05) is 52.5 Å². The number of guanidine groups is 1. The highest BCUT2D eigenvalue weighted by molar-refractivity contribution is 5.80. The number of rotatable bonds is 9. The number of hydrogen-bond acceptors (Lipinski definition) is 5. The van der Waals surface area contributed by atoms with Gasteiger partial charge in [0.15, 0.2) is 11.8 Å². The Balaban J connectivity index is 1.55. The molecule has 0 saturated carbocycles. The molecule has 1 aliphatic heterocycles. The number of nitrogens with one attached hydrogen (secondary N) is 2. The smallest absolute Gasteiger partial charge is 0.191 e. The molecule has 2 N–H and O–H groups in total. The summed E-state index contributed by atoms with van der Waals surface area (Å²) in [6.07, 6.45) is 3.13. The van der Waals surface area contributed by atoms with Crippen molar-refractivity contribution in [2.75, 3.05) is 33.4 Å². The van der Waals surface area contributed by atoms with E-state index in [2.05, 4.69) is 63.0 Å². The molecule has 1 saturated heterocycles. The highest BCUT2D eigenvalue weighted by Gasteiger charge is 2.24. The number of ether oxygens (including phenoxy) is 1. The molecule has 1 fully saturated rings. The van der Waals surface area contributed by atoms with Crippen LogP contribution in [0.15, 0.2) is 35.3 Å².